The zero-order chi connectivity index (χ0) is 12.4. The zero-order valence-electron chi connectivity index (χ0n) is 10.4. The third-order valence-corrected chi connectivity index (χ3v) is 3.96. The predicted molar refractivity (Wildman–Crippen MR) is 72.0 cm³/mol. The van der Waals surface area contributed by atoms with E-state index in [-0.39, 0.29) is 0 Å². The maximum absolute atomic E-state index is 5.84. The maximum Gasteiger partial charge on any atom is 0.0641 e. The molecule has 3 N–H and O–H groups in total. The molecule has 0 amide bonds. The van der Waals surface area contributed by atoms with Crippen LogP contribution in [0.25, 0.3) is 0 Å². The molecule has 0 saturated heterocycles. The van der Waals surface area contributed by atoms with Crippen molar-refractivity contribution in [2.75, 3.05) is 5.73 Å². The number of rotatable bonds is 4. The first-order chi connectivity index (χ1) is 8.09. The lowest BCUT2D eigenvalue weighted by Gasteiger charge is -2.05. The van der Waals surface area contributed by atoms with Gasteiger partial charge in [0.15, 0.2) is 0 Å². The molecule has 0 aliphatic heterocycles. The van der Waals surface area contributed by atoms with Crippen LogP contribution in [-0.2, 0) is 20.1 Å². The minimum atomic E-state index is 0.817. The molecule has 0 bridgehead atoms. The van der Waals surface area contributed by atoms with E-state index in [1.807, 2.05) is 30.1 Å². The highest BCUT2D eigenvalue weighted by Gasteiger charge is 2.08. The van der Waals surface area contributed by atoms with Gasteiger partial charge in [0.1, 0.15) is 0 Å². The molecule has 92 valence electrons. The van der Waals surface area contributed by atoms with Gasteiger partial charge in [0.2, 0.25) is 0 Å². The Morgan fingerprint density at radius 2 is 2.18 bits per heavy atom. The van der Waals surface area contributed by atoms with Gasteiger partial charge in [0, 0.05) is 42.0 Å². The fourth-order valence-electron chi connectivity index (χ4n) is 1.87. The largest absolute Gasteiger partial charge is 0.398 e. The van der Waals surface area contributed by atoms with E-state index in [9.17, 15) is 0 Å². The molecule has 0 radical (unpaired) electrons. The van der Waals surface area contributed by atoms with Gasteiger partial charge in [-0.2, -0.15) is 5.10 Å². The summed E-state index contributed by atoms with van der Waals surface area (Å²) in [6.45, 7) is 5.79. The fourth-order valence-corrected chi connectivity index (χ4v) is 2.64. The van der Waals surface area contributed by atoms with E-state index in [1.54, 1.807) is 11.3 Å². The highest BCUT2D eigenvalue weighted by atomic mass is 32.1. The standard InChI is InChI=1S/C12H18N4S/c1-8-10(9(2)16(3)15-8)6-14-7-12-11(13)4-5-17-12/h4-5,14H,6-7,13H2,1-3H3. The summed E-state index contributed by atoms with van der Waals surface area (Å²) in [6.07, 6.45) is 0. The summed E-state index contributed by atoms with van der Waals surface area (Å²) in [5.74, 6) is 0. The Labute approximate surface area is 105 Å². The summed E-state index contributed by atoms with van der Waals surface area (Å²) in [4.78, 5) is 1.20. The number of hydrogen-bond donors (Lipinski definition) is 2. The second kappa shape index (κ2) is 4.89. The smallest absolute Gasteiger partial charge is 0.0641 e. The van der Waals surface area contributed by atoms with Crippen LogP contribution in [0.15, 0.2) is 11.4 Å². The van der Waals surface area contributed by atoms with Gasteiger partial charge < -0.3 is 11.1 Å². The van der Waals surface area contributed by atoms with E-state index in [1.165, 1.54) is 16.1 Å². The monoisotopic (exact) mass is 250 g/mol. The molecular weight excluding hydrogens is 232 g/mol. The van der Waals surface area contributed by atoms with E-state index >= 15 is 0 Å². The number of anilines is 1. The summed E-state index contributed by atoms with van der Waals surface area (Å²) in [6, 6.07) is 1.95. The third-order valence-electron chi connectivity index (χ3n) is 3.03. The SMILES string of the molecule is Cc1nn(C)c(C)c1CNCc1sccc1N. The zero-order valence-corrected chi connectivity index (χ0v) is 11.3. The Morgan fingerprint density at radius 3 is 2.71 bits per heavy atom. The van der Waals surface area contributed by atoms with Crippen molar-refractivity contribution in [1.82, 2.24) is 15.1 Å². The molecule has 2 heterocycles. The lowest BCUT2D eigenvalue weighted by molar-refractivity contribution is 0.691. The van der Waals surface area contributed by atoms with Crippen LogP contribution in [0, 0.1) is 13.8 Å². The second-order valence-electron chi connectivity index (χ2n) is 4.18. The highest BCUT2D eigenvalue weighted by molar-refractivity contribution is 7.10. The average Bonchev–Trinajstić information content (AvgIpc) is 2.78. The normalized spacial score (nSPS) is 11.0. The minimum Gasteiger partial charge on any atom is -0.398 e. The van der Waals surface area contributed by atoms with Crippen molar-refractivity contribution in [3.8, 4) is 0 Å². The molecule has 0 atom stereocenters. The Morgan fingerprint density at radius 1 is 1.41 bits per heavy atom. The Hall–Kier alpha value is -1.33. The van der Waals surface area contributed by atoms with Crippen LogP contribution in [-0.4, -0.2) is 9.78 Å². The maximum atomic E-state index is 5.84. The topological polar surface area (TPSA) is 55.9 Å². The molecule has 17 heavy (non-hydrogen) atoms. The summed E-state index contributed by atoms with van der Waals surface area (Å²) in [5.41, 5.74) is 10.3. The van der Waals surface area contributed by atoms with Crippen molar-refractivity contribution in [2.24, 2.45) is 7.05 Å². The van der Waals surface area contributed by atoms with E-state index in [4.69, 9.17) is 5.73 Å². The molecule has 0 aliphatic carbocycles. The molecule has 0 saturated carbocycles. The third kappa shape index (κ3) is 2.50. The van der Waals surface area contributed by atoms with Crippen molar-refractivity contribution < 1.29 is 0 Å². The van der Waals surface area contributed by atoms with Gasteiger partial charge in [-0.15, -0.1) is 11.3 Å². The lowest BCUT2D eigenvalue weighted by atomic mass is 10.2. The Kier molecular flexibility index (Phi) is 3.49. The number of thiophene rings is 1. The summed E-state index contributed by atoms with van der Waals surface area (Å²) >= 11 is 1.69. The van der Waals surface area contributed by atoms with Gasteiger partial charge in [0.25, 0.3) is 0 Å². The van der Waals surface area contributed by atoms with E-state index in [0.717, 1.165) is 24.5 Å². The van der Waals surface area contributed by atoms with Crippen LogP contribution in [0.4, 0.5) is 5.69 Å². The molecule has 2 aromatic rings. The van der Waals surface area contributed by atoms with Gasteiger partial charge in [-0.25, -0.2) is 0 Å². The quantitative estimate of drug-likeness (QED) is 0.872. The average molecular weight is 250 g/mol. The van der Waals surface area contributed by atoms with Crippen molar-refractivity contribution in [3.05, 3.63) is 33.3 Å². The summed E-state index contributed by atoms with van der Waals surface area (Å²) in [7, 11) is 1.98. The minimum absolute atomic E-state index is 0.817. The molecule has 5 heteroatoms. The molecule has 0 fully saturated rings. The number of nitrogen functional groups attached to an aromatic ring is 1. The Bertz CT molecular complexity index is 513. The van der Waals surface area contributed by atoms with Crippen molar-refractivity contribution in [1.29, 1.82) is 0 Å². The summed E-state index contributed by atoms with van der Waals surface area (Å²) < 4.78 is 1.92. The summed E-state index contributed by atoms with van der Waals surface area (Å²) in [5, 5.41) is 9.84. The molecule has 0 aromatic carbocycles. The Balaban J connectivity index is 1.97. The highest BCUT2D eigenvalue weighted by Crippen LogP contribution is 2.18. The number of aromatic nitrogens is 2. The van der Waals surface area contributed by atoms with Crippen molar-refractivity contribution >= 4 is 17.0 Å². The van der Waals surface area contributed by atoms with Gasteiger partial charge >= 0.3 is 0 Å². The van der Waals surface area contributed by atoms with Gasteiger partial charge in [-0.1, -0.05) is 0 Å². The van der Waals surface area contributed by atoms with E-state index in [0.29, 0.717) is 0 Å². The number of nitrogens with one attached hydrogen (secondary N) is 1. The van der Waals surface area contributed by atoms with Crippen LogP contribution >= 0.6 is 11.3 Å². The van der Waals surface area contributed by atoms with Crippen molar-refractivity contribution in [2.45, 2.75) is 26.9 Å². The van der Waals surface area contributed by atoms with Crippen LogP contribution < -0.4 is 11.1 Å². The number of hydrogen-bond acceptors (Lipinski definition) is 4. The lowest BCUT2D eigenvalue weighted by Crippen LogP contribution is -2.13. The van der Waals surface area contributed by atoms with Crippen LogP contribution in [0.1, 0.15) is 21.8 Å². The van der Waals surface area contributed by atoms with E-state index < -0.39 is 0 Å². The second-order valence-corrected chi connectivity index (χ2v) is 5.18. The predicted octanol–water partition coefficient (Wildman–Crippen LogP) is 1.97. The van der Waals surface area contributed by atoms with E-state index in [2.05, 4.69) is 17.3 Å². The molecule has 2 aromatic heterocycles. The molecule has 4 nitrogen and oxygen atoms in total. The van der Waals surface area contributed by atoms with Crippen molar-refractivity contribution in [3.63, 3.8) is 0 Å². The van der Waals surface area contributed by atoms with Gasteiger partial charge in [0.05, 0.1) is 5.69 Å². The number of aryl methyl sites for hydroxylation is 2. The number of nitrogens with zero attached hydrogens (tertiary/aromatic N) is 2. The molecule has 0 aliphatic rings. The van der Waals surface area contributed by atoms with Crippen LogP contribution in [0.3, 0.4) is 0 Å². The molecule has 0 unspecified atom stereocenters. The first-order valence-electron chi connectivity index (χ1n) is 5.61. The molecule has 0 spiro atoms. The van der Waals surface area contributed by atoms with Gasteiger partial charge in [-0.05, 0) is 25.3 Å². The van der Waals surface area contributed by atoms with Crippen LogP contribution in [0.2, 0.25) is 0 Å². The first kappa shape index (κ1) is 12.1. The number of nitrogens with two attached hydrogens (primary N) is 1. The van der Waals surface area contributed by atoms with Crippen LogP contribution in [0.5, 0.6) is 0 Å². The molecule has 2 rings (SSSR count). The fraction of sp³-hybridized carbons (Fsp3) is 0.417. The first-order valence-corrected chi connectivity index (χ1v) is 6.49. The van der Waals surface area contributed by atoms with Gasteiger partial charge in [-0.3, -0.25) is 4.68 Å². The molecular formula is C12H18N4S.